The van der Waals surface area contributed by atoms with Crippen molar-refractivity contribution in [3.05, 3.63) is 82.8 Å². The van der Waals surface area contributed by atoms with Crippen LogP contribution >= 0.6 is 0 Å². The lowest BCUT2D eigenvalue weighted by Gasteiger charge is -2.23. The fraction of sp³-hybridized carbons (Fsp3) is 0.200. The summed E-state index contributed by atoms with van der Waals surface area (Å²) in [5, 5.41) is 17.9. The molecule has 4 N–H and O–H groups in total. The van der Waals surface area contributed by atoms with E-state index in [1.165, 1.54) is 5.56 Å². The highest BCUT2D eigenvalue weighted by Crippen LogP contribution is 2.30. The number of pyridine rings is 2. The summed E-state index contributed by atoms with van der Waals surface area (Å²) in [6.45, 7) is 2.12. The van der Waals surface area contributed by atoms with Crippen LogP contribution in [0.1, 0.15) is 24.3 Å². The van der Waals surface area contributed by atoms with Gasteiger partial charge in [-0.25, -0.2) is 4.98 Å². The third kappa shape index (κ3) is 4.02. The number of H-pyrrole nitrogens is 1. The maximum absolute atomic E-state index is 12.6. The molecule has 0 aliphatic carbocycles. The Hall–Kier alpha value is -3.64. The van der Waals surface area contributed by atoms with Gasteiger partial charge in [-0.2, -0.15) is 0 Å². The Balaban J connectivity index is 1.53. The first-order valence-corrected chi connectivity index (χ1v) is 10.6. The quantitative estimate of drug-likeness (QED) is 0.396. The summed E-state index contributed by atoms with van der Waals surface area (Å²) >= 11 is 0. The molecule has 2 aromatic carbocycles. The van der Waals surface area contributed by atoms with Crippen LogP contribution in [0, 0.1) is 0 Å². The first-order chi connectivity index (χ1) is 15.2. The molecule has 1 saturated heterocycles. The Bertz CT molecular complexity index is 1270. The predicted molar refractivity (Wildman–Crippen MR) is 124 cm³/mol. The van der Waals surface area contributed by atoms with Crippen molar-refractivity contribution < 1.29 is 5.11 Å². The molecule has 0 saturated carbocycles. The van der Waals surface area contributed by atoms with Crippen LogP contribution in [-0.2, 0) is 0 Å². The monoisotopic (exact) mass is 412 g/mol. The van der Waals surface area contributed by atoms with E-state index in [1.807, 2.05) is 30.3 Å². The molecule has 6 nitrogen and oxygen atoms in total. The number of aromatic nitrogens is 2. The molecule has 0 amide bonds. The summed E-state index contributed by atoms with van der Waals surface area (Å²) in [7, 11) is 0. The smallest absolute Gasteiger partial charge is 0.259 e. The van der Waals surface area contributed by atoms with Gasteiger partial charge in [0.2, 0.25) is 0 Å². The highest BCUT2D eigenvalue weighted by atomic mass is 16.3. The lowest BCUT2D eigenvalue weighted by Crippen LogP contribution is -2.26. The Labute approximate surface area is 180 Å². The number of nitrogens with zero attached hydrogens (tertiary/aromatic N) is 1. The Morgan fingerprint density at radius 2 is 1.81 bits per heavy atom. The number of anilines is 2. The van der Waals surface area contributed by atoms with Crippen molar-refractivity contribution in [3.8, 4) is 17.0 Å². The summed E-state index contributed by atoms with van der Waals surface area (Å²) in [5.74, 6) is 1.26. The molecule has 0 radical (unpaired) electrons. The number of hydrogen-bond donors (Lipinski definition) is 4. The zero-order valence-corrected chi connectivity index (χ0v) is 17.1. The third-order valence-electron chi connectivity index (χ3n) is 5.88. The van der Waals surface area contributed by atoms with Crippen molar-refractivity contribution in [2.75, 3.05) is 18.4 Å². The topological polar surface area (TPSA) is 90.0 Å². The molecule has 1 aliphatic rings. The number of phenols is 1. The summed E-state index contributed by atoms with van der Waals surface area (Å²) in [6, 6.07) is 19.1. The zero-order chi connectivity index (χ0) is 21.2. The van der Waals surface area contributed by atoms with Crippen molar-refractivity contribution in [1.82, 2.24) is 15.3 Å². The lowest BCUT2D eigenvalue weighted by atomic mass is 9.90. The predicted octanol–water partition coefficient (Wildman–Crippen LogP) is 4.51. The molecule has 3 heterocycles. The number of benzene rings is 2. The highest BCUT2D eigenvalue weighted by Gasteiger charge is 2.15. The normalized spacial score (nSPS) is 14.6. The fourth-order valence-electron chi connectivity index (χ4n) is 4.25. The molecular formula is C25H24N4O2. The fourth-order valence-corrected chi connectivity index (χ4v) is 4.25. The van der Waals surface area contributed by atoms with Gasteiger partial charge in [0.25, 0.3) is 5.56 Å². The van der Waals surface area contributed by atoms with E-state index in [4.69, 9.17) is 4.98 Å². The molecular weight excluding hydrogens is 388 g/mol. The van der Waals surface area contributed by atoms with E-state index >= 15 is 0 Å². The van der Waals surface area contributed by atoms with Crippen LogP contribution in [0.15, 0.2) is 71.7 Å². The minimum Gasteiger partial charge on any atom is -0.508 e. The molecule has 2 aromatic heterocycles. The van der Waals surface area contributed by atoms with Crippen LogP contribution in [0.2, 0.25) is 0 Å². The minimum atomic E-state index is -0.193. The lowest BCUT2D eigenvalue weighted by molar-refractivity contribution is 0.460. The molecule has 6 heteroatoms. The van der Waals surface area contributed by atoms with E-state index < -0.39 is 0 Å². The van der Waals surface area contributed by atoms with Gasteiger partial charge in [0.05, 0.1) is 11.1 Å². The van der Waals surface area contributed by atoms with Gasteiger partial charge in [0.1, 0.15) is 11.6 Å². The van der Waals surface area contributed by atoms with Crippen molar-refractivity contribution in [1.29, 1.82) is 0 Å². The van der Waals surface area contributed by atoms with Crippen LogP contribution < -0.4 is 16.2 Å². The second-order valence-electron chi connectivity index (χ2n) is 7.95. The largest absolute Gasteiger partial charge is 0.508 e. The minimum absolute atomic E-state index is 0.174. The number of piperidine rings is 1. The van der Waals surface area contributed by atoms with Crippen LogP contribution in [-0.4, -0.2) is 28.2 Å². The molecule has 0 bridgehead atoms. The maximum atomic E-state index is 12.6. The van der Waals surface area contributed by atoms with Crippen LogP contribution in [0.25, 0.3) is 22.0 Å². The summed E-state index contributed by atoms with van der Waals surface area (Å²) in [6.07, 6.45) is 3.94. The van der Waals surface area contributed by atoms with Gasteiger partial charge < -0.3 is 20.7 Å². The molecule has 1 fully saturated rings. The van der Waals surface area contributed by atoms with E-state index in [1.54, 1.807) is 24.4 Å². The number of aromatic hydroxyl groups is 1. The Morgan fingerprint density at radius 1 is 1.00 bits per heavy atom. The van der Waals surface area contributed by atoms with Gasteiger partial charge in [-0.3, -0.25) is 4.79 Å². The van der Waals surface area contributed by atoms with Crippen LogP contribution in [0.5, 0.6) is 5.75 Å². The third-order valence-corrected chi connectivity index (χ3v) is 5.88. The standard InChI is InChI=1S/C25H24N4O2/c30-21-3-1-2-18(14-21)22-15-19-10-13-27-25(31)23(19)24(29-22)28-20-6-4-16(5-7-20)17-8-11-26-12-9-17/h1-7,10,13-15,17,26,30H,8-9,11-12H2,(H,27,31)(H,28,29). The van der Waals surface area contributed by atoms with E-state index in [9.17, 15) is 9.90 Å². The van der Waals surface area contributed by atoms with Gasteiger partial charge in [-0.15, -0.1) is 0 Å². The molecule has 156 valence electrons. The van der Waals surface area contributed by atoms with Crippen LogP contribution in [0.4, 0.5) is 11.5 Å². The number of nitrogens with one attached hydrogen (secondary N) is 3. The first kappa shape index (κ1) is 19.3. The zero-order valence-electron chi connectivity index (χ0n) is 17.1. The number of phenolic OH excluding ortho intramolecular Hbond substituents is 1. The number of hydrogen-bond acceptors (Lipinski definition) is 5. The molecule has 5 rings (SSSR count). The highest BCUT2D eigenvalue weighted by molar-refractivity contribution is 5.95. The molecule has 0 spiro atoms. The van der Waals surface area contributed by atoms with Crippen molar-refractivity contribution >= 4 is 22.3 Å². The average Bonchev–Trinajstić information content (AvgIpc) is 2.80. The van der Waals surface area contributed by atoms with E-state index in [0.717, 1.165) is 42.6 Å². The summed E-state index contributed by atoms with van der Waals surface area (Å²) < 4.78 is 0. The number of fused-ring (bicyclic) bond motifs is 1. The van der Waals surface area contributed by atoms with Crippen molar-refractivity contribution in [3.63, 3.8) is 0 Å². The first-order valence-electron chi connectivity index (χ1n) is 10.6. The average molecular weight is 412 g/mol. The van der Waals surface area contributed by atoms with Crippen molar-refractivity contribution in [2.24, 2.45) is 0 Å². The second-order valence-corrected chi connectivity index (χ2v) is 7.95. The maximum Gasteiger partial charge on any atom is 0.259 e. The Kier molecular flexibility index (Phi) is 5.14. The van der Waals surface area contributed by atoms with Crippen molar-refractivity contribution in [2.45, 2.75) is 18.8 Å². The van der Waals surface area contributed by atoms with Crippen LogP contribution in [0.3, 0.4) is 0 Å². The van der Waals surface area contributed by atoms with Gasteiger partial charge in [0.15, 0.2) is 0 Å². The van der Waals surface area contributed by atoms with E-state index in [0.29, 0.717) is 22.8 Å². The van der Waals surface area contributed by atoms with Gasteiger partial charge in [0, 0.05) is 17.4 Å². The number of aromatic amines is 1. The molecule has 4 aromatic rings. The Morgan fingerprint density at radius 3 is 2.58 bits per heavy atom. The summed E-state index contributed by atoms with van der Waals surface area (Å²) in [5.41, 5.74) is 3.50. The molecule has 0 unspecified atom stereocenters. The SMILES string of the molecule is O=c1[nH]ccc2cc(-c3cccc(O)c3)nc(Nc3ccc(C4CCNCC4)cc3)c12. The van der Waals surface area contributed by atoms with E-state index in [-0.39, 0.29) is 11.3 Å². The summed E-state index contributed by atoms with van der Waals surface area (Å²) in [4.78, 5) is 20.0. The molecule has 1 aliphatic heterocycles. The molecule has 0 atom stereocenters. The van der Waals surface area contributed by atoms with Gasteiger partial charge in [-0.1, -0.05) is 24.3 Å². The van der Waals surface area contributed by atoms with E-state index in [2.05, 4.69) is 27.8 Å². The number of rotatable bonds is 4. The van der Waals surface area contributed by atoms with Gasteiger partial charge >= 0.3 is 0 Å². The second kappa shape index (κ2) is 8.24. The van der Waals surface area contributed by atoms with Gasteiger partial charge in [-0.05, 0) is 79.2 Å². The molecule has 31 heavy (non-hydrogen) atoms.